The van der Waals surface area contributed by atoms with Gasteiger partial charge in [0.05, 0.1) is 28.9 Å². The topological polar surface area (TPSA) is 122 Å². The molecule has 1 aliphatic heterocycles. The number of pyridine rings is 1. The van der Waals surface area contributed by atoms with Crippen molar-refractivity contribution in [1.82, 2.24) is 20.9 Å². The number of rotatable bonds is 9. The molecule has 0 radical (unpaired) electrons. The van der Waals surface area contributed by atoms with Crippen molar-refractivity contribution >= 4 is 24.0 Å². The van der Waals surface area contributed by atoms with E-state index in [2.05, 4.69) is 39.8 Å². The van der Waals surface area contributed by atoms with Gasteiger partial charge in [-0.1, -0.05) is 38.1 Å². The summed E-state index contributed by atoms with van der Waals surface area (Å²) in [4.78, 5) is 20.6. The van der Waals surface area contributed by atoms with E-state index >= 15 is 0 Å². The monoisotopic (exact) mass is 472 g/mol. The van der Waals surface area contributed by atoms with Gasteiger partial charge < -0.3 is 26.5 Å². The van der Waals surface area contributed by atoms with Gasteiger partial charge >= 0.3 is 5.97 Å². The third-order valence-corrected chi connectivity index (χ3v) is 6.70. The second-order valence-corrected chi connectivity index (χ2v) is 9.41. The predicted octanol–water partition coefficient (Wildman–Crippen LogP) is 3.80. The standard InChI is InChI=1S/C27H32N6O2/c1-16(2)23-14-30-15-24(32-23)33-25(29-4)21(12-28)22-8-5-18(13-31-22)20-7-6-19(11-17(20)3)27(9-10-27)26(34)35/h5-8,11-16,23,28-29,32-33H,9-10H2,1-4H3,(H,34,35)/b25-21-,28-12?. The number of benzene rings is 1. The smallest absolute Gasteiger partial charge is 0.314 e. The molecule has 0 amide bonds. The highest BCUT2D eigenvalue weighted by atomic mass is 16.4. The van der Waals surface area contributed by atoms with E-state index in [0.29, 0.717) is 35.8 Å². The van der Waals surface area contributed by atoms with Crippen LogP contribution in [0.5, 0.6) is 0 Å². The summed E-state index contributed by atoms with van der Waals surface area (Å²) in [6.07, 6.45) is 8.04. The maximum absolute atomic E-state index is 11.7. The van der Waals surface area contributed by atoms with Crippen molar-refractivity contribution < 1.29 is 9.90 Å². The molecule has 1 aromatic heterocycles. The summed E-state index contributed by atoms with van der Waals surface area (Å²) in [6, 6.07) is 9.86. The highest BCUT2D eigenvalue weighted by Gasteiger charge is 2.51. The summed E-state index contributed by atoms with van der Waals surface area (Å²) >= 11 is 0. The number of aliphatic imine (C=N–C) groups is 1. The molecule has 35 heavy (non-hydrogen) atoms. The molecule has 5 N–H and O–H groups in total. The lowest BCUT2D eigenvalue weighted by atomic mass is 9.91. The molecule has 1 aliphatic carbocycles. The van der Waals surface area contributed by atoms with Gasteiger partial charge in [-0.05, 0) is 48.4 Å². The lowest BCUT2D eigenvalue weighted by Crippen LogP contribution is -2.42. The molecule has 1 saturated carbocycles. The number of aryl methyl sites for hydroxylation is 1. The first-order chi connectivity index (χ1) is 16.8. The zero-order valence-corrected chi connectivity index (χ0v) is 20.5. The van der Waals surface area contributed by atoms with Crippen molar-refractivity contribution in [2.24, 2.45) is 10.9 Å². The van der Waals surface area contributed by atoms with Gasteiger partial charge in [0.25, 0.3) is 0 Å². The Bertz CT molecular complexity index is 1220. The van der Waals surface area contributed by atoms with Crippen molar-refractivity contribution in [2.75, 3.05) is 7.05 Å². The predicted molar refractivity (Wildman–Crippen MR) is 139 cm³/mol. The van der Waals surface area contributed by atoms with E-state index in [-0.39, 0.29) is 6.04 Å². The Labute approximate surface area is 205 Å². The highest BCUT2D eigenvalue weighted by Crippen LogP contribution is 2.49. The third kappa shape index (κ3) is 4.82. The number of aliphatic carboxylic acids is 1. The number of nitrogens with zero attached hydrogens (tertiary/aromatic N) is 2. The normalized spacial score (nSPS) is 18.8. The Morgan fingerprint density at radius 3 is 2.60 bits per heavy atom. The Morgan fingerprint density at radius 1 is 1.29 bits per heavy atom. The molecule has 1 unspecified atom stereocenters. The third-order valence-electron chi connectivity index (χ3n) is 6.70. The SMILES string of the molecule is CN/C(NC1=CN=CC(C(C)C)N1)=C(\C=N)c1ccc(-c2ccc(C3(C(=O)O)CC3)cc2C)cn1. The molecule has 8 heteroatoms. The van der Waals surface area contributed by atoms with Crippen LogP contribution in [-0.2, 0) is 10.2 Å². The minimum absolute atomic E-state index is 0.126. The molecule has 4 rings (SSSR count). The lowest BCUT2D eigenvalue weighted by molar-refractivity contribution is -0.140. The second-order valence-electron chi connectivity index (χ2n) is 9.41. The number of carboxylic acids is 1. The van der Waals surface area contributed by atoms with Crippen LogP contribution in [0.1, 0.15) is 43.5 Å². The molecular weight excluding hydrogens is 440 g/mol. The number of aromatic nitrogens is 1. The molecular formula is C27H32N6O2. The van der Waals surface area contributed by atoms with Crippen LogP contribution in [0.25, 0.3) is 16.7 Å². The molecule has 0 bridgehead atoms. The lowest BCUT2D eigenvalue weighted by Gasteiger charge is -2.25. The summed E-state index contributed by atoms with van der Waals surface area (Å²) in [6.45, 7) is 6.25. The number of hydrogen-bond donors (Lipinski definition) is 5. The number of allylic oxidation sites excluding steroid dienone is 1. The average Bonchev–Trinajstić information content (AvgIpc) is 3.67. The average molecular weight is 473 g/mol. The van der Waals surface area contributed by atoms with E-state index in [9.17, 15) is 9.90 Å². The molecule has 1 aromatic carbocycles. The van der Waals surface area contributed by atoms with E-state index < -0.39 is 11.4 Å². The molecule has 1 fully saturated rings. The molecule has 182 valence electrons. The van der Waals surface area contributed by atoms with Crippen molar-refractivity contribution in [3.63, 3.8) is 0 Å². The summed E-state index contributed by atoms with van der Waals surface area (Å²) in [5.74, 6) is 1.03. The van der Waals surface area contributed by atoms with Crippen LogP contribution in [0.3, 0.4) is 0 Å². The fourth-order valence-corrected chi connectivity index (χ4v) is 4.29. The van der Waals surface area contributed by atoms with Gasteiger partial charge in [0, 0.05) is 31.2 Å². The van der Waals surface area contributed by atoms with Crippen LogP contribution in [0.2, 0.25) is 0 Å². The Hall–Kier alpha value is -3.94. The number of nitrogens with one attached hydrogen (secondary N) is 4. The van der Waals surface area contributed by atoms with Crippen LogP contribution >= 0.6 is 0 Å². The highest BCUT2D eigenvalue weighted by molar-refractivity contribution is 6.08. The summed E-state index contributed by atoms with van der Waals surface area (Å²) in [7, 11) is 1.79. The summed E-state index contributed by atoms with van der Waals surface area (Å²) < 4.78 is 0. The van der Waals surface area contributed by atoms with Gasteiger partial charge in [-0.25, -0.2) is 0 Å². The van der Waals surface area contributed by atoms with Gasteiger partial charge in [-0.2, -0.15) is 0 Å². The first-order valence-electron chi connectivity index (χ1n) is 11.8. The molecule has 1 atom stereocenters. The Morgan fingerprint density at radius 2 is 2.06 bits per heavy atom. The molecule has 8 nitrogen and oxygen atoms in total. The second kappa shape index (κ2) is 9.74. The molecule has 2 aromatic rings. The largest absolute Gasteiger partial charge is 0.481 e. The van der Waals surface area contributed by atoms with Gasteiger partial charge in [0.15, 0.2) is 0 Å². The zero-order chi connectivity index (χ0) is 25.2. The van der Waals surface area contributed by atoms with Gasteiger partial charge in [-0.3, -0.25) is 14.8 Å². The van der Waals surface area contributed by atoms with Crippen molar-refractivity contribution in [3.8, 4) is 11.1 Å². The zero-order valence-electron chi connectivity index (χ0n) is 20.5. The van der Waals surface area contributed by atoms with Crippen LogP contribution in [0.4, 0.5) is 0 Å². The minimum atomic E-state index is -0.749. The van der Waals surface area contributed by atoms with E-state index in [0.717, 1.165) is 28.1 Å². The van der Waals surface area contributed by atoms with E-state index in [1.54, 1.807) is 19.4 Å². The molecule has 0 saturated heterocycles. The van der Waals surface area contributed by atoms with E-state index in [4.69, 9.17) is 5.41 Å². The van der Waals surface area contributed by atoms with Crippen molar-refractivity contribution in [2.45, 2.75) is 45.1 Å². The summed E-state index contributed by atoms with van der Waals surface area (Å²) in [5.41, 5.74) is 4.38. The number of carbonyl (C=O) groups is 1. The van der Waals surface area contributed by atoms with Gasteiger partial charge in [-0.15, -0.1) is 0 Å². The fraction of sp³-hybridized carbons (Fsp3) is 0.333. The fourth-order valence-electron chi connectivity index (χ4n) is 4.29. The van der Waals surface area contributed by atoms with E-state index in [1.807, 2.05) is 43.5 Å². The molecule has 2 heterocycles. The summed E-state index contributed by atoms with van der Waals surface area (Å²) in [5, 5.41) is 27.4. The van der Waals surface area contributed by atoms with Crippen LogP contribution in [0, 0.1) is 18.3 Å². The Kier molecular flexibility index (Phi) is 6.73. The maximum Gasteiger partial charge on any atom is 0.314 e. The Balaban J connectivity index is 1.57. The van der Waals surface area contributed by atoms with Crippen LogP contribution < -0.4 is 16.0 Å². The van der Waals surface area contributed by atoms with Gasteiger partial charge in [0.2, 0.25) is 0 Å². The number of hydrogen-bond acceptors (Lipinski definition) is 7. The first kappa shape index (κ1) is 24.2. The molecule has 0 spiro atoms. The van der Waals surface area contributed by atoms with Crippen molar-refractivity contribution in [3.05, 3.63) is 71.2 Å². The van der Waals surface area contributed by atoms with Gasteiger partial charge in [0.1, 0.15) is 11.6 Å². The van der Waals surface area contributed by atoms with E-state index in [1.165, 1.54) is 6.21 Å². The maximum atomic E-state index is 11.7. The van der Waals surface area contributed by atoms with Crippen molar-refractivity contribution in [1.29, 1.82) is 5.41 Å². The minimum Gasteiger partial charge on any atom is -0.481 e. The first-order valence-corrected chi connectivity index (χ1v) is 11.8. The quantitative estimate of drug-likeness (QED) is 0.354. The number of carboxylic acid groups (broad SMARTS) is 1. The molecule has 2 aliphatic rings. The van der Waals surface area contributed by atoms with Crippen LogP contribution in [0.15, 0.2) is 59.4 Å². The van der Waals surface area contributed by atoms with Crippen LogP contribution in [-0.4, -0.2) is 41.6 Å².